The molecule has 0 aliphatic carbocycles. The molecule has 0 amide bonds. The number of benzene rings is 1. The zero-order valence-corrected chi connectivity index (χ0v) is 10.7. The number of aromatic nitrogens is 2. The molecule has 3 N–H and O–H groups in total. The first-order valence-electron chi connectivity index (χ1n) is 5.65. The Morgan fingerprint density at radius 2 is 2.05 bits per heavy atom. The van der Waals surface area contributed by atoms with E-state index in [9.17, 15) is 0 Å². The normalized spacial score (nSPS) is 11.4. The molecule has 2 rings (SSSR count). The molecule has 0 fully saturated rings. The van der Waals surface area contributed by atoms with Crippen LogP contribution in [0.15, 0.2) is 35.7 Å². The summed E-state index contributed by atoms with van der Waals surface area (Å²) < 4.78 is 5.64. The van der Waals surface area contributed by atoms with E-state index in [0.29, 0.717) is 5.88 Å². The van der Waals surface area contributed by atoms with Crippen LogP contribution < -0.4 is 10.5 Å². The first-order chi connectivity index (χ1) is 9.10. The first-order valence-corrected chi connectivity index (χ1v) is 5.65. The molecule has 1 heterocycles. The van der Waals surface area contributed by atoms with Crippen molar-refractivity contribution >= 4 is 5.84 Å². The topological polar surface area (TPSA) is 93.6 Å². The number of aryl methyl sites for hydroxylation is 2. The number of nitrogens with zero attached hydrogens (tertiary/aromatic N) is 3. The number of hydrogen-bond donors (Lipinski definition) is 2. The van der Waals surface area contributed by atoms with Gasteiger partial charge in [0.25, 0.3) is 0 Å². The number of ether oxygens (including phenoxy) is 1. The summed E-state index contributed by atoms with van der Waals surface area (Å²) in [5.74, 6) is 0.986. The molecule has 0 spiro atoms. The van der Waals surface area contributed by atoms with Crippen molar-refractivity contribution in [3.63, 3.8) is 0 Å². The van der Waals surface area contributed by atoms with Crippen LogP contribution in [0, 0.1) is 13.8 Å². The SMILES string of the molecule is Cc1ccc(C)c(Oc2cnc(C(N)=NO)cn2)c1. The molecule has 1 aromatic heterocycles. The molecule has 0 unspecified atom stereocenters. The number of oxime groups is 1. The lowest BCUT2D eigenvalue weighted by Gasteiger charge is -2.08. The summed E-state index contributed by atoms with van der Waals surface area (Å²) >= 11 is 0. The highest BCUT2D eigenvalue weighted by molar-refractivity contribution is 5.94. The maximum Gasteiger partial charge on any atom is 0.237 e. The van der Waals surface area contributed by atoms with Crippen LogP contribution >= 0.6 is 0 Å². The predicted octanol–water partition coefficient (Wildman–Crippen LogP) is 1.98. The van der Waals surface area contributed by atoms with Crippen molar-refractivity contribution in [2.45, 2.75) is 13.8 Å². The number of nitrogens with two attached hydrogens (primary N) is 1. The van der Waals surface area contributed by atoms with Gasteiger partial charge in [-0.1, -0.05) is 17.3 Å². The van der Waals surface area contributed by atoms with Crippen molar-refractivity contribution in [1.29, 1.82) is 0 Å². The van der Waals surface area contributed by atoms with Crippen molar-refractivity contribution in [2.75, 3.05) is 0 Å². The molecule has 0 saturated carbocycles. The average Bonchev–Trinajstić information content (AvgIpc) is 2.43. The van der Waals surface area contributed by atoms with E-state index in [2.05, 4.69) is 15.1 Å². The van der Waals surface area contributed by atoms with Crippen LogP contribution in [-0.4, -0.2) is 21.0 Å². The zero-order chi connectivity index (χ0) is 13.8. The van der Waals surface area contributed by atoms with Crippen LogP contribution in [0.5, 0.6) is 11.6 Å². The van der Waals surface area contributed by atoms with E-state index < -0.39 is 0 Å². The predicted molar refractivity (Wildman–Crippen MR) is 70.5 cm³/mol. The van der Waals surface area contributed by atoms with Gasteiger partial charge in [0, 0.05) is 0 Å². The van der Waals surface area contributed by atoms with Gasteiger partial charge in [-0.05, 0) is 31.0 Å². The van der Waals surface area contributed by atoms with Crippen LogP contribution in [0.2, 0.25) is 0 Å². The Balaban J connectivity index is 2.22. The second kappa shape index (κ2) is 5.34. The van der Waals surface area contributed by atoms with Gasteiger partial charge < -0.3 is 15.7 Å². The van der Waals surface area contributed by atoms with Gasteiger partial charge in [0.15, 0.2) is 5.84 Å². The van der Waals surface area contributed by atoms with E-state index in [0.717, 1.165) is 16.9 Å². The van der Waals surface area contributed by atoms with Crippen LogP contribution in [0.25, 0.3) is 0 Å². The van der Waals surface area contributed by atoms with Gasteiger partial charge in [-0.15, -0.1) is 0 Å². The monoisotopic (exact) mass is 258 g/mol. The quantitative estimate of drug-likeness (QED) is 0.380. The Morgan fingerprint density at radius 1 is 1.26 bits per heavy atom. The Morgan fingerprint density at radius 3 is 2.68 bits per heavy atom. The minimum absolute atomic E-state index is 0.0919. The van der Waals surface area contributed by atoms with Crippen molar-refractivity contribution < 1.29 is 9.94 Å². The van der Waals surface area contributed by atoms with Crippen LogP contribution in [0.3, 0.4) is 0 Å². The van der Waals surface area contributed by atoms with Gasteiger partial charge in [-0.25, -0.2) is 9.97 Å². The smallest absolute Gasteiger partial charge is 0.237 e. The van der Waals surface area contributed by atoms with Crippen molar-refractivity contribution in [1.82, 2.24) is 9.97 Å². The highest BCUT2D eigenvalue weighted by Crippen LogP contribution is 2.24. The summed E-state index contributed by atoms with van der Waals surface area (Å²) in [4.78, 5) is 8.05. The van der Waals surface area contributed by atoms with E-state index >= 15 is 0 Å². The zero-order valence-electron chi connectivity index (χ0n) is 10.7. The number of amidine groups is 1. The third kappa shape index (κ3) is 2.98. The van der Waals surface area contributed by atoms with E-state index in [4.69, 9.17) is 15.7 Å². The number of rotatable bonds is 3. The van der Waals surface area contributed by atoms with Crippen LogP contribution in [-0.2, 0) is 0 Å². The second-order valence-electron chi connectivity index (χ2n) is 4.10. The molecule has 98 valence electrons. The molecule has 0 saturated heterocycles. The fraction of sp³-hybridized carbons (Fsp3) is 0.154. The number of hydrogen-bond acceptors (Lipinski definition) is 5. The van der Waals surface area contributed by atoms with E-state index in [1.807, 2.05) is 32.0 Å². The Bertz CT molecular complexity index is 609. The van der Waals surface area contributed by atoms with Crippen LogP contribution in [0.1, 0.15) is 16.8 Å². The maximum atomic E-state index is 8.52. The fourth-order valence-corrected chi connectivity index (χ4v) is 1.48. The van der Waals surface area contributed by atoms with Gasteiger partial charge in [-0.3, -0.25) is 0 Å². The van der Waals surface area contributed by atoms with Gasteiger partial charge in [0.05, 0.1) is 12.4 Å². The van der Waals surface area contributed by atoms with Crippen LogP contribution in [0.4, 0.5) is 0 Å². The van der Waals surface area contributed by atoms with Crippen molar-refractivity contribution in [3.05, 3.63) is 47.4 Å². The minimum atomic E-state index is -0.0919. The van der Waals surface area contributed by atoms with Gasteiger partial charge >= 0.3 is 0 Å². The third-order valence-electron chi connectivity index (χ3n) is 2.56. The van der Waals surface area contributed by atoms with E-state index in [1.54, 1.807) is 0 Å². The Kier molecular flexibility index (Phi) is 3.61. The summed E-state index contributed by atoms with van der Waals surface area (Å²) in [5.41, 5.74) is 7.79. The molecule has 6 nitrogen and oxygen atoms in total. The molecule has 0 aliphatic heterocycles. The molecule has 0 aliphatic rings. The molecule has 0 atom stereocenters. The first kappa shape index (κ1) is 12.8. The molecular formula is C13H14N4O2. The molecule has 2 aromatic rings. The lowest BCUT2D eigenvalue weighted by Crippen LogP contribution is -2.15. The Labute approximate surface area is 110 Å². The lowest BCUT2D eigenvalue weighted by molar-refractivity contribution is 0.318. The average molecular weight is 258 g/mol. The van der Waals surface area contributed by atoms with Gasteiger partial charge in [-0.2, -0.15) is 0 Å². The Hall–Kier alpha value is -2.63. The molecule has 1 aromatic carbocycles. The summed E-state index contributed by atoms with van der Waals surface area (Å²) in [6.07, 6.45) is 2.81. The largest absolute Gasteiger partial charge is 0.437 e. The standard InChI is InChI=1S/C13H14N4O2/c1-8-3-4-9(2)11(5-8)19-12-7-15-10(6-16-12)13(14)17-18/h3-7,18H,1-2H3,(H2,14,17). The highest BCUT2D eigenvalue weighted by Gasteiger charge is 2.05. The summed E-state index contributed by atoms with van der Waals surface area (Å²) in [6.45, 7) is 3.94. The summed E-state index contributed by atoms with van der Waals surface area (Å²) in [5, 5.41) is 11.4. The molecule has 0 radical (unpaired) electrons. The second-order valence-corrected chi connectivity index (χ2v) is 4.10. The van der Waals surface area contributed by atoms with Crippen molar-refractivity contribution in [3.8, 4) is 11.6 Å². The maximum absolute atomic E-state index is 8.52. The molecule has 6 heteroatoms. The summed E-state index contributed by atoms with van der Waals surface area (Å²) in [6, 6.07) is 5.91. The summed E-state index contributed by atoms with van der Waals surface area (Å²) in [7, 11) is 0. The van der Waals surface area contributed by atoms with E-state index in [-0.39, 0.29) is 11.5 Å². The third-order valence-corrected chi connectivity index (χ3v) is 2.56. The molecule has 0 bridgehead atoms. The highest BCUT2D eigenvalue weighted by atomic mass is 16.5. The molecular weight excluding hydrogens is 244 g/mol. The van der Waals surface area contributed by atoms with E-state index in [1.165, 1.54) is 12.4 Å². The molecule has 19 heavy (non-hydrogen) atoms. The van der Waals surface area contributed by atoms with Gasteiger partial charge in [0.1, 0.15) is 11.4 Å². The lowest BCUT2D eigenvalue weighted by atomic mass is 10.1. The van der Waals surface area contributed by atoms with Crippen molar-refractivity contribution in [2.24, 2.45) is 10.9 Å². The minimum Gasteiger partial charge on any atom is -0.437 e. The fourth-order valence-electron chi connectivity index (χ4n) is 1.48. The van der Waals surface area contributed by atoms with Gasteiger partial charge in [0.2, 0.25) is 5.88 Å².